The molecule has 0 saturated carbocycles. The third kappa shape index (κ3) is 5.13. The molecule has 0 spiro atoms. The van der Waals surface area contributed by atoms with Gasteiger partial charge < -0.3 is 23.4 Å². The Morgan fingerprint density at radius 3 is 2.34 bits per heavy atom. The highest BCUT2D eigenvalue weighted by molar-refractivity contribution is 6.00. The molecule has 7 heteroatoms. The lowest BCUT2D eigenvalue weighted by Crippen LogP contribution is -2.60. The molecule has 2 fully saturated rings. The van der Waals surface area contributed by atoms with Gasteiger partial charge in [0, 0.05) is 17.5 Å². The first-order valence-corrected chi connectivity index (χ1v) is 12.7. The Bertz CT molecular complexity index is 1330. The largest absolute Gasteiger partial charge is 0.497 e. The van der Waals surface area contributed by atoms with Crippen LogP contribution in [0.5, 0.6) is 11.5 Å². The normalized spacial score (nSPS) is 30.9. The van der Waals surface area contributed by atoms with Crippen LogP contribution in [-0.2, 0) is 9.47 Å². The average molecular weight is 521 g/mol. The van der Waals surface area contributed by atoms with Gasteiger partial charge in [-0.05, 0) is 65.0 Å². The summed E-state index contributed by atoms with van der Waals surface area (Å²) < 4.78 is 28.8. The van der Waals surface area contributed by atoms with Gasteiger partial charge in [-0.15, -0.1) is 0 Å². The van der Waals surface area contributed by atoms with E-state index >= 15 is 0 Å². The van der Waals surface area contributed by atoms with Crippen molar-refractivity contribution in [3.8, 4) is 11.5 Å². The second-order valence-corrected chi connectivity index (χ2v) is 10.6. The van der Waals surface area contributed by atoms with E-state index in [2.05, 4.69) is 0 Å². The fraction of sp³-hybridized carbons (Fsp3) is 0.419. The van der Waals surface area contributed by atoms with E-state index in [0.29, 0.717) is 29.2 Å². The molecule has 0 aliphatic carbocycles. The van der Waals surface area contributed by atoms with Crippen LogP contribution in [-0.4, -0.2) is 42.9 Å². The Labute approximate surface area is 223 Å². The second kappa shape index (κ2) is 10.4. The first kappa shape index (κ1) is 27.6. The molecule has 0 unspecified atom stereocenters. The maximum atomic E-state index is 13.7. The number of ether oxygens (including phenoxy) is 4. The van der Waals surface area contributed by atoms with E-state index in [1.807, 2.05) is 58.9 Å². The van der Waals surface area contributed by atoms with Crippen LogP contribution in [0.15, 0.2) is 69.9 Å². The van der Waals surface area contributed by atoms with Crippen molar-refractivity contribution in [3.05, 3.63) is 88.0 Å². The number of methoxy groups -OCH3 is 2. The number of Topliss-reactive ketones (excluding diaryl/α,β-unsaturated/α-hetero) is 1. The Hall–Kier alpha value is -3.42. The zero-order valence-corrected chi connectivity index (χ0v) is 23.1. The molecule has 38 heavy (non-hydrogen) atoms. The van der Waals surface area contributed by atoms with Crippen LogP contribution >= 0.6 is 0 Å². The Balaban J connectivity index is 1.50. The van der Waals surface area contributed by atoms with Crippen LogP contribution in [0.3, 0.4) is 0 Å². The molecule has 2 aromatic rings. The minimum atomic E-state index is -0.797. The number of carbonyl (C=O) groups is 1. The van der Waals surface area contributed by atoms with E-state index in [0.717, 1.165) is 5.56 Å². The van der Waals surface area contributed by atoms with Crippen molar-refractivity contribution in [1.29, 1.82) is 0 Å². The Morgan fingerprint density at radius 1 is 1.03 bits per heavy atom. The van der Waals surface area contributed by atoms with Gasteiger partial charge in [-0.1, -0.05) is 30.4 Å². The molecule has 7 nitrogen and oxygen atoms in total. The lowest BCUT2D eigenvalue weighted by Gasteiger charge is -2.49. The highest BCUT2D eigenvalue weighted by Crippen LogP contribution is 2.56. The van der Waals surface area contributed by atoms with Crippen LogP contribution in [0, 0.1) is 12.8 Å². The molecule has 3 heterocycles. The molecule has 1 aromatic heterocycles. The van der Waals surface area contributed by atoms with Gasteiger partial charge in [0.05, 0.1) is 43.5 Å². The summed E-state index contributed by atoms with van der Waals surface area (Å²) in [6.45, 7) is 9.81. The van der Waals surface area contributed by atoms with Gasteiger partial charge in [0.1, 0.15) is 22.9 Å². The number of fused-ring (bicyclic) bond motifs is 2. The molecule has 2 saturated heterocycles. The summed E-state index contributed by atoms with van der Waals surface area (Å²) in [6.07, 6.45) is 11.4. The van der Waals surface area contributed by atoms with Gasteiger partial charge in [-0.25, -0.2) is 4.79 Å². The van der Waals surface area contributed by atoms with E-state index in [4.69, 9.17) is 23.4 Å². The quantitative estimate of drug-likeness (QED) is 0.326. The first-order chi connectivity index (χ1) is 17.9. The van der Waals surface area contributed by atoms with Gasteiger partial charge in [0.15, 0.2) is 5.78 Å². The second-order valence-electron chi connectivity index (χ2n) is 10.6. The molecule has 0 N–H and O–H groups in total. The SMILES string of the molecule is COc1ccc(C(=O)[C@@H]2[C@@]3(C)O[C@@](C)(/C=C/C=C/C=C/c4oc(=O)cc(OC)c4C)C[C@]2(C)O[C@@H]3C)cc1. The van der Waals surface area contributed by atoms with Crippen LogP contribution < -0.4 is 15.1 Å². The van der Waals surface area contributed by atoms with Crippen molar-refractivity contribution in [3.63, 3.8) is 0 Å². The van der Waals surface area contributed by atoms with E-state index in [1.54, 1.807) is 43.5 Å². The molecule has 2 aliphatic heterocycles. The highest BCUT2D eigenvalue weighted by Gasteiger charge is 2.67. The summed E-state index contributed by atoms with van der Waals surface area (Å²) in [7, 11) is 3.12. The number of carbonyl (C=O) groups excluding carboxylic acids is 1. The highest BCUT2D eigenvalue weighted by atomic mass is 16.6. The Morgan fingerprint density at radius 2 is 1.71 bits per heavy atom. The molecule has 2 aliphatic rings. The predicted octanol–water partition coefficient (Wildman–Crippen LogP) is 5.71. The molecule has 5 atom stereocenters. The summed E-state index contributed by atoms with van der Waals surface area (Å²) in [5.74, 6) is 1.21. The van der Waals surface area contributed by atoms with Crippen molar-refractivity contribution in [2.75, 3.05) is 14.2 Å². The van der Waals surface area contributed by atoms with Crippen LogP contribution in [0.1, 0.15) is 55.8 Å². The number of hydrogen-bond donors (Lipinski definition) is 0. The minimum Gasteiger partial charge on any atom is -0.497 e. The molecule has 202 valence electrons. The number of allylic oxidation sites excluding steroid dienone is 4. The number of hydrogen-bond acceptors (Lipinski definition) is 7. The summed E-state index contributed by atoms with van der Waals surface area (Å²) in [6, 6.07) is 8.50. The maximum Gasteiger partial charge on any atom is 0.339 e. The first-order valence-electron chi connectivity index (χ1n) is 12.7. The number of ketones is 1. The molecular weight excluding hydrogens is 484 g/mol. The monoisotopic (exact) mass is 520 g/mol. The van der Waals surface area contributed by atoms with E-state index in [-0.39, 0.29) is 11.9 Å². The van der Waals surface area contributed by atoms with Crippen LogP contribution in [0.25, 0.3) is 6.08 Å². The number of rotatable bonds is 8. The lowest BCUT2D eigenvalue weighted by atomic mass is 9.67. The zero-order valence-electron chi connectivity index (χ0n) is 23.1. The van der Waals surface area contributed by atoms with Crippen molar-refractivity contribution in [2.24, 2.45) is 5.92 Å². The van der Waals surface area contributed by atoms with Gasteiger partial charge in [0.25, 0.3) is 0 Å². The summed E-state index contributed by atoms with van der Waals surface area (Å²) in [5.41, 5.74) is -1.21. The lowest BCUT2D eigenvalue weighted by molar-refractivity contribution is -0.170. The van der Waals surface area contributed by atoms with E-state index in [9.17, 15) is 9.59 Å². The third-order valence-electron chi connectivity index (χ3n) is 7.68. The molecule has 4 rings (SSSR count). The van der Waals surface area contributed by atoms with E-state index < -0.39 is 28.3 Å². The average Bonchev–Trinajstić information content (AvgIpc) is 3.00. The maximum absolute atomic E-state index is 13.7. The fourth-order valence-electron chi connectivity index (χ4n) is 5.96. The van der Waals surface area contributed by atoms with Crippen molar-refractivity contribution >= 4 is 11.9 Å². The summed E-state index contributed by atoms with van der Waals surface area (Å²) >= 11 is 0. The van der Waals surface area contributed by atoms with Gasteiger partial charge in [-0.2, -0.15) is 0 Å². The van der Waals surface area contributed by atoms with E-state index in [1.165, 1.54) is 13.2 Å². The van der Waals surface area contributed by atoms with Crippen molar-refractivity contribution in [2.45, 2.75) is 63.9 Å². The molecule has 2 bridgehead atoms. The zero-order chi connectivity index (χ0) is 27.7. The molecule has 0 radical (unpaired) electrons. The summed E-state index contributed by atoms with van der Waals surface area (Å²) in [5, 5.41) is 0. The van der Waals surface area contributed by atoms with Gasteiger partial charge >= 0.3 is 5.63 Å². The smallest absolute Gasteiger partial charge is 0.339 e. The van der Waals surface area contributed by atoms with Gasteiger partial charge in [-0.3, -0.25) is 4.79 Å². The van der Waals surface area contributed by atoms with Crippen LogP contribution in [0.4, 0.5) is 0 Å². The topological polar surface area (TPSA) is 84.2 Å². The van der Waals surface area contributed by atoms with Crippen molar-refractivity contribution < 1.29 is 28.2 Å². The predicted molar refractivity (Wildman–Crippen MR) is 146 cm³/mol. The molecule has 1 aromatic carbocycles. The molecular formula is C31H36O7. The Kier molecular flexibility index (Phi) is 7.55. The third-order valence-corrected chi connectivity index (χ3v) is 7.68. The fourth-order valence-corrected chi connectivity index (χ4v) is 5.96. The molecule has 0 amide bonds. The van der Waals surface area contributed by atoms with Crippen LogP contribution in [0.2, 0.25) is 0 Å². The minimum absolute atomic E-state index is 0.0116. The standard InChI is InChI=1S/C31H36O7/c1-20-24(36-26(32)18-25(20)35-7)12-10-8-9-11-17-29(3)19-30(4)28(31(5,38-29)21(2)37-30)27(33)22-13-15-23(34-6)16-14-22/h8-18,21,28H,19H2,1-7H3/b9-8+,12-10+,17-11+/t21-,28+,29+,30+,31+/m1/s1. The van der Waals surface area contributed by atoms with Gasteiger partial charge in [0.2, 0.25) is 0 Å². The number of benzene rings is 1. The summed E-state index contributed by atoms with van der Waals surface area (Å²) in [4.78, 5) is 25.4. The van der Waals surface area contributed by atoms with Crippen molar-refractivity contribution in [1.82, 2.24) is 0 Å².